The van der Waals surface area contributed by atoms with Gasteiger partial charge in [-0.05, 0) is 63.3 Å². The minimum absolute atomic E-state index is 0.0983. The summed E-state index contributed by atoms with van der Waals surface area (Å²) in [6, 6.07) is 7.06. The van der Waals surface area contributed by atoms with E-state index in [2.05, 4.69) is 22.9 Å². The lowest BCUT2D eigenvalue weighted by Gasteiger charge is -2.29. The maximum atomic E-state index is 12.2. The van der Waals surface area contributed by atoms with Gasteiger partial charge in [-0.2, -0.15) is 0 Å². The number of rotatable bonds is 5. The quantitative estimate of drug-likeness (QED) is 0.744. The van der Waals surface area contributed by atoms with Crippen molar-refractivity contribution in [2.24, 2.45) is 5.92 Å². The zero-order valence-corrected chi connectivity index (χ0v) is 15.8. The van der Waals surface area contributed by atoms with Gasteiger partial charge in [0.1, 0.15) is 0 Å². The third kappa shape index (κ3) is 5.76. The van der Waals surface area contributed by atoms with E-state index in [0.717, 1.165) is 12.8 Å². The Bertz CT molecular complexity index is 595. The highest BCUT2D eigenvalue weighted by Gasteiger charge is 2.23. The Morgan fingerprint density at radius 3 is 2.36 bits per heavy atom. The Balaban J connectivity index is 1.89. The van der Waals surface area contributed by atoms with Crippen LogP contribution in [0, 0.1) is 5.92 Å². The molecule has 5 nitrogen and oxygen atoms in total. The second-order valence-electron chi connectivity index (χ2n) is 7.74. The largest absolute Gasteiger partial charge is 0.347 e. The molecule has 25 heavy (non-hydrogen) atoms. The predicted molar refractivity (Wildman–Crippen MR) is 102 cm³/mol. The number of benzene rings is 1. The number of hydrogen-bond acceptors (Lipinski definition) is 2. The zero-order valence-electron chi connectivity index (χ0n) is 15.8. The minimum atomic E-state index is -0.232. The molecule has 2 atom stereocenters. The lowest BCUT2D eigenvalue weighted by Crippen LogP contribution is -2.43. The van der Waals surface area contributed by atoms with E-state index in [1.807, 2.05) is 20.8 Å². The molecule has 0 bridgehead atoms. The van der Waals surface area contributed by atoms with Gasteiger partial charge in [0.15, 0.2) is 0 Å². The summed E-state index contributed by atoms with van der Waals surface area (Å²) in [6.45, 7) is 8.23. The van der Waals surface area contributed by atoms with Crippen LogP contribution in [0.15, 0.2) is 24.3 Å². The highest BCUT2D eigenvalue weighted by molar-refractivity contribution is 5.96. The first-order chi connectivity index (χ1) is 11.8. The third-order valence-corrected chi connectivity index (χ3v) is 5.17. The van der Waals surface area contributed by atoms with Gasteiger partial charge in [-0.25, -0.2) is 4.79 Å². The Morgan fingerprint density at radius 2 is 1.76 bits per heavy atom. The lowest BCUT2D eigenvalue weighted by atomic mass is 9.86. The van der Waals surface area contributed by atoms with Crippen molar-refractivity contribution in [3.63, 3.8) is 0 Å². The molecule has 2 unspecified atom stereocenters. The van der Waals surface area contributed by atoms with Crippen LogP contribution in [0.5, 0.6) is 0 Å². The van der Waals surface area contributed by atoms with Crippen molar-refractivity contribution in [2.75, 3.05) is 5.32 Å². The van der Waals surface area contributed by atoms with Gasteiger partial charge in [0.05, 0.1) is 0 Å². The monoisotopic (exact) mass is 345 g/mol. The van der Waals surface area contributed by atoms with Gasteiger partial charge in [0, 0.05) is 22.8 Å². The number of amides is 3. The van der Waals surface area contributed by atoms with E-state index in [0.29, 0.717) is 17.2 Å². The molecule has 2 rings (SSSR count). The zero-order chi connectivity index (χ0) is 18.4. The molecular weight excluding hydrogens is 314 g/mol. The Hall–Kier alpha value is -2.04. The van der Waals surface area contributed by atoms with Crippen molar-refractivity contribution in [3.8, 4) is 0 Å². The number of anilines is 1. The standard InChI is InChI=1S/C20H31N3O2/c1-5-20(3,4)23-18(24)15-10-12-16(13-11-15)21-19(25)22-17-9-7-6-8-14(17)2/h10-14,17H,5-9H2,1-4H3,(H,23,24)(H2,21,22,25). The maximum Gasteiger partial charge on any atom is 0.319 e. The molecule has 0 heterocycles. The van der Waals surface area contributed by atoms with Crippen LogP contribution in [0.25, 0.3) is 0 Å². The topological polar surface area (TPSA) is 70.2 Å². The number of nitrogens with one attached hydrogen (secondary N) is 3. The summed E-state index contributed by atoms with van der Waals surface area (Å²) in [6.07, 6.45) is 5.49. The van der Waals surface area contributed by atoms with Crippen molar-refractivity contribution in [2.45, 2.75) is 71.4 Å². The van der Waals surface area contributed by atoms with Crippen LogP contribution in [0.3, 0.4) is 0 Å². The number of carbonyl (C=O) groups excluding carboxylic acids is 2. The van der Waals surface area contributed by atoms with Crippen LogP contribution in [0.2, 0.25) is 0 Å². The molecule has 138 valence electrons. The van der Waals surface area contributed by atoms with E-state index in [9.17, 15) is 9.59 Å². The second-order valence-corrected chi connectivity index (χ2v) is 7.74. The highest BCUT2D eigenvalue weighted by atomic mass is 16.2. The first kappa shape index (κ1) is 19.3. The number of carbonyl (C=O) groups is 2. The van der Waals surface area contributed by atoms with Gasteiger partial charge in [-0.1, -0.05) is 26.7 Å². The molecule has 5 heteroatoms. The predicted octanol–water partition coefficient (Wildman–Crippen LogP) is 4.31. The average Bonchev–Trinajstić information content (AvgIpc) is 2.57. The smallest absolute Gasteiger partial charge is 0.319 e. The molecule has 1 aromatic carbocycles. The molecule has 0 spiro atoms. The molecule has 1 aliphatic carbocycles. The third-order valence-electron chi connectivity index (χ3n) is 5.17. The molecule has 1 aromatic rings. The van der Waals surface area contributed by atoms with Crippen LogP contribution in [-0.2, 0) is 0 Å². The summed E-state index contributed by atoms with van der Waals surface area (Å²) in [5, 5.41) is 8.92. The summed E-state index contributed by atoms with van der Waals surface area (Å²) in [4.78, 5) is 24.4. The molecule has 1 saturated carbocycles. The molecule has 1 fully saturated rings. The van der Waals surface area contributed by atoms with Crippen LogP contribution in [0.4, 0.5) is 10.5 Å². The molecule has 3 amide bonds. The maximum absolute atomic E-state index is 12.2. The Morgan fingerprint density at radius 1 is 1.12 bits per heavy atom. The molecular formula is C20H31N3O2. The van der Waals surface area contributed by atoms with Gasteiger partial charge < -0.3 is 16.0 Å². The van der Waals surface area contributed by atoms with Gasteiger partial charge in [0.2, 0.25) is 0 Å². The van der Waals surface area contributed by atoms with Crippen molar-refractivity contribution in [3.05, 3.63) is 29.8 Å². The highest BCUT2D eigenvalue weighted by Crippen LogP contribution is 2.23. The van der Waals surface area contributed by atoms with Crippen molar-refractivity contribution >= 4 is 17.6 Å². The summed E-state index contributed by atoms with van der Waals surface area (Å²) in [7, 11) is 0. The summed E-state index contributed by atoms with van der Waals surface area (Å²) < 4.78 is 0. The van der Waals surface area contributed by atoms with Gasteiger partial charge in [-0.3, -0.25) is 4.79 Å². The van der Waals surface area contributed by atoms with Crippen LogP contribution in [0.1, 0.15) is 70.2 Å². The second kappa shape index (κ2) is 8.37. The summed E-state index contributed by atoms with van der Waals surface area (Å²) >= 11 is 0. The van der Waals surface area contributed by atoms with E-state index in [1.54, 1.807) is 24.3 Å². The summed E-state index contributed by atoms with van der Waals surface area (Å²) in [5.41, 5.74) is 1.05. The first-order valence-corrected chi connectivity index (χ1v) is 9.31. The van der Waals surface area contributed by atoms with Crippen LogP contribution in [-0.4, -0.2) is 23.5 Å². The fraction of sp³-hybridized carbons (Fsp3) is 0.600. The van der Waals surface area contributed by atoms with Crippen molar-refractivity contribution in [1.82, 2.24) is 10.6 Å². The van der Waals surface area contributed by atoms with E-state index in [-0.39, 0.29) is 23.5 Å². The summed E-state index contributed by atoms with van der Waals surface area (Å²) in [5.74, 6) is 0.423. The van der Waals surface area contributed by atoms with E-state index in [1.165, 1.54) is 19.3 Å². The molecule has 3 N–H and O–H groups in total. The minimum Gasteiger partial charge on any atom is -0.347 e. The van der Waals surface area contributed by atoms with Gasteiger partial charge >= 0.3 is 6.03 Å². The molecule has 0 radical (unpaired) electrons. The lowest BCUT2D eigenvalue weighted by molar-refractivity contribution is 0.0911. The average molecular weight is 345 g/mol. The van der Waals surface area contributed by atoms with E-state index < -0.39 is 0 Å². The van der Waals surface area contributed by atoms with Crippen LogP contribution >= 0.6 is 0 Å². The van der Waals surface area contributed by atoms with E-state index >= 15 is 0 Å². The van der Waals surface area contributed by atoms with Gasteiger partial charge in [0.25, 0.3) is 5.91 Å². The van der Waals surface area contributed by atoms with Gasteiger partial charge in [-0.15, -0.1) is 0 Å². The first-order valence-electron chi connectivity index (χ1n) is 9.31. The number of urea groups is 1. The molecule has 1 aliphatic rings. The van der Waals surface area contributed by atoms with Crippen molar-refractivity contribution < 1.29 is 9.59 Å². The fourth-order valence-electron chi connectivity index (χ4n) is 3.04. The van der Waals surface area contributed by atoms with E-state index in [4.69, 9.17) is 0 Å². The molecule has 0 aliphatic heterocycles. The normalized spacial score (nSPS) is 20.6. The van der Waals surface area contributed by atoms with Crippen LogP contribution < -0.4 is 16.0 Å². The van der Waals surface area contributed by atoms with Crippen molar-refractivity contribution in [1.29, 1.82) is 0 Å². The molecule has 0 saturated heterocycles. The Labute approximate surface area is 151 Å². The SMILES string of the molecule is CCC(C)(C)NC(=O)c1ccc(NC(=O)NC2CCCCC2C)cc1. The molecule has 0 aromatic heterocycles. The Kier molecular flexibility index (Phi) is 6.45. The fourth-order valence-corrected chi connectivity index (χ4v) is 3.04. The number of hydrogen-bond donors (Lipinski definition) is 3.